The lowest BCUT2D eigenvalue weighted by Gasteiger charge is -2.25. The molecule has 0 fully saturated rings. The van der Waals surface area contributed by atoms with Crippen LogP contribution in [-0.2, 0) is 60.6 Å². The van der Waals surface area contributed by atoms with Crippen LogP contribution in [0.25, 0.3) is 0 Å². The van der Waals surface area contributed by atoms with Gasteiger partial charge >= 0.3 is 47.9 Å². The number of hydrogen-bond acceptors (Lipinski definition) is 18. The van der Waals surface area contributed by atoms with Crippen LogP contribution in [0.3, 0.4) is 0 Å². The summed E-state index contributed by atoms with van der Waals surface area (Å²) in [6, 6.07) is 4.21. The van der Waals surface area contributed by atoms with Crippen molar-refractivity contribution >= 4 is 47.9 Å². The number of carboxylic acid groups (broad SMARTS) is 4. The van der Waals surface area contributed by atoms with Crippen molar-refractivity contribution in [2.24, 2.45) is 40.5 Å². The Balaban J connectivity index is 0. The Labute approximate surface area is 396 Å². The summed E-state index contributed by atoms with van der Waals surface area (Å²) in [6.45, 7) is 14.4. The van der Waals surface area contributed by atoms with Crippen molar-refractivity contribution in [2.45, 2.75) is 161 Å². The van der Waals surface area contributed by atoms with Crippen molar-refractivity contribution < 1.29 is 78.1 Å². The fraction of sp³-hybridized carbons (Fsp3) is 0.614. The number of alkyl carbamates (subject to hydrolysis) is 1. The molecule has 8 atom stereocenters. The Kier molecular flexibility index (Phi) is 31.5. The van der Waals surface area contributed by atoms with Gasteiger partial charge in [-0.2, -0.15) is 0 Å². The number of carboxylic acids is 4. The van der Waals surface area contributed by atoms with Gasteiger partial charge in [-0.1, -0.05) is 58.0 Å². The molecular formula is C44H74N8O16. The summed E-state index contributed by atoms with van der Waals surface area (Å²) in [4.78, 5) is 94.3. The lowest BCUT2D eigenvalue weighted by molar-refractivity contribution is -0.161. The van der Waals surface area contributed by atoms with Gasteiger partial charge in [0.25, 0.3) is 0 Å². The summed E-state index contributed by atoms with van der Waals surface area (Å²) >= 11 is 0. The average Bonchev–Trinajstić information content (AvgIpc) is 3.72. The summed E-state index contributed by atoms with van der Waals surface area (Å²) in [5, 5.41) is 46.6. The van der Waals surface area contributed by atoms with E-state index in [2.05, 4.69) is 20.0 Å². The number of esters is 3. The Morgan fingerprint density at radius 2 is 1.29 bits per heavy atom. The SMILES string of the molecule is CC(C)(C)OC(=O)N[C@@H](Cc1ccccc1)C(=O)O.CC(C)C[C@H](N)[C@H](CC(=O)O)OC(=O)C[C@H](O)[C@@H](N)CC(C)C.C[C@H](N)C(=O)OC(=O)[C@@H](N)Cc1cnc[nH]1.N[C@@H](CCC(=O)O)C(=O)O. The molecule has 1 aromatic carbocycles. The highest BCUT2D eigenvalue weighted by Crippen LogP contribution is 2.15. The first-order valence-corrected chi connectivity index (χ1v) is 21.7. The number of carbonyl (C=O) groups excluding carboxylic acids is 4. The fourth-order valence-corrected chi connectivity index (χ4v) is 5.28. The van der Waals surface area contributed by atoms with E-state index < -0.39 is 102 Å². The zero-order chi connectivity index (χ0) is 52.9. The largest absolute Gasteiger partial charge is 0.481 e. The number of aliphatic hydroxyl groups is 1. The highest BCUT2D eigenvalue weighted by Gasteiger charge is 2.29. The van der Waals surface area contributed by atoms with E-state index in [4.69, 9.17) is 58.6 Å². The van der Waals surface area contributed by atoms with Crippen molar-refractivity contribution in [1.29, 1.82) is 0 Å². The van der Waals surface area contributed by atoms with Crippen LogP contribution in [0.15, 0.2) is 42.9 Å². The highest BCUT2D eigenvalue weighted by atomic mass is 16.6. The van der Waals surface area contributed by atoms with Gasteiger partial charge in [-0.05, 0) is 64.4 Å². The maximum Gasteiger partial charge on any atom is 0.408 e. The first-order valence-electron chi connectivity index (χ1n) is 21.7. The number of nitrogens with one attached hydrogen (secondary N) is 2. The number of nitrogens with zero attached hydrogens (tertiary/aromatic N) is 1. The molecule has 2 rings (SSSR count). The van der Waals surface area contributed by atoms with Gasteiger partial charge in [0.1, 0.15) is 35.9 Å². The second kappa shape index (κ2) is 33.4. The van der Waals surface area contributed by atoms with Crippen LogP contribution in [-0.4, -0.2) is 137 Å². The van der Waals surface area contributed by atoms with Crippen molar-refractivity contribution in [1.82, 2.24) is 15.3 Å². The molecular weight excluding hydrogens is 897 g/mol. The minimum Gasteiger partial charge on any atom is -0.481 e. The molecule has 0 saturated carbocycles. The summed E-state index contributed by atoms with van der Waals surface area (Å²) < 4.78 is 14.7. The Morgan fingerprint density at radius 1 is 0.735 bits per heavy atom. The number of benzene rings is 1. The summed E-state index contributed by atoms with van der Waals surface area (Å²) in [6.07, 6.45) is 1.09. The number of amides is 1. The smallest absolute Gasteiger partial charge is 0.408 e. The predicted molar refractivity (Wildman–Crippen MR) is 246 cm³/mol. The number of rotatable bonds is 23. The number of aliphatic hydroxyl groups excluding tert-OH is 1. The summed E-state index contributed by atoms with van der Waals surface area (Å²) in [5.74, 6) is -6.07. The molecule has 24 heteroatoms. The van der Waals surface area contributed by atoms with Crippen LogP contribution in [0, 0.1) is 11.8 Å². The van der Waals surface area contributed by atoms with E-state index in [-0.39, 0.29) is 44.4 Å². The molecule has 24 nitrogen and oxygen atoms in total. The molecule has 1 heterocycles. The van der Waals surface area contributed by atoms with E-state index >= 15 is 0 Å². The van der Waals surface area contributed by atoms with Crippen molar-refractivity contribution in [2.75, 3.05) is 0 Å². The van der Waals surface area contributed by atoms with Gasteiger partial charge in [0.05, 0.1) is 25.3 Å². The molecule has 0 radical (unpaired) electrons. The van der Waals surface area contributed by atoms with Crippen LogP contribution in [0.2, 0.25) is 0 Å². The number of aromatic amines is 1. The number of imidazole rings is 1. The lowest BCUT2D eigenvalue weighted by atomic mass is 9.97. The molecule has 0 saturated heterocycles. The minimum absolute atomic E-state index is 0.0231. The number of aromatic nitrogens is 2. The molecule has 0 aliphatic heterocycles. The van der Waals surface area contributed by atoms with Gasteiger partial charge < -0.3 is 78.7 Å². The zero-order valence-corrected chi connectivity index (χ0v) is 40.0. The molecule has 2 aromatic rings. The van der Waals surface area contributed by atoms with E-state index in [1.54, 1.807) is 27.0 Å². The summed E-state index contributed by atoms with van der Waals surface area (Å²) in [7, 11) is 0. The summed E-state index contributed by atoms with van der Waals surface area (Å²) in [5.41, 5.74) is 28.4. The van der Waals surface area contributed by atoms with E-state index in [1.165, 1.54) is 13.3 Å². The minimum atomic E-state index is -1.17. The van der Waals surface area contributed by atoms with Gasteiger partial charge in [0.15, 0.2) is 0 Å². The maximum atomic E-state index is 11.9. The van der Waals surface area contributed by atoms with Crippen LogP contribution < -0.4 is 34.0 Å². The van der Waals surface area contributed by atoms with Gasteiger partial charge in [0.2, 0.25) is 0 Å². The van der Waals surface area contributed by atoms with Crippen LogP contribution in [0.1, 0.15) is 105 Å². The van der Waals surface area contributed by atoms with E-state index in [9.17, 15) is 43.5 Å². The monoisotopic (exact) mass is 971 g/mol. The van der Waals surface area contributed by atoms with Gasteiger partial charge in [0, 0.05) is 43.2 Å². The third-order valence-electron chi connectivity index (χ3n) is 8.62. The standard InChI is InChI=1S/C16H32N2O5.C14H19NO4.C9H14N4O3.C5H9NO4/c1-9(2)5-11(17)13(19)7-16(22)23-14(8-15(20)21)12(18)6-10(3)4;1-14(2,3)19-13(18)15-11(12(16)17)9-10-7-5-4-6-8-10;1-5(10)8(14)16-9(15)7(11)2-6-3-12-4-13-6;6-3(5(9)10)1-2-4(7)8/h9-14,19H,5-8,17-18H2,1-4H3,(H,20,21);4-8,11H,9H2,1-3H3,(H,15,18)(H,16,17);3-5,7H,2,10-11H2,1H3,(H,12,13);3H,1-2,6H2,(H,7,8)(H,9,10)/t11-,12-,13-,14-;11-;5-,7-;3-/m0000/s1. The second-order valence-corrected chi connectivity index (χ2v) is 17.5. The predicted octanol–water partition coefficient (Wildman–Crippen LogP) is 1.04. The molecule has 17 N–H and O–H groups in total. The molecule has 0 aliphatic carbocycles. The first kappa shape index (κ1) is 64.0. The van der Waals surface area contributed by atoms with E-state index in [0.29, 0.717) is 24.5 Å². The molecule has 1 amide bonds. The number of aliphatic carboxylic acids is 4. The first-order chi connectivity index (χ1) is 31.3. The zero-order valence-electron chi connectivity index (χ0n) is 40.0. The third-order valence-corrected chi connectivity index (χ3v) is 8.62. The van der Waals surface area contributed by atoms with Gasteiger partial charge in [-0.15, -0.1) is 0 Å². The molecule has 68 heavy (non-hydrogen) atoms. The van der Waals surface area contributed by atoms with Crippen LogP contribution in [0.4, 0.5) is 4.79 Å². The number of H-pyrrole nitrogens is 1. The van der Waals surface area contributed by atoms with Crippen molar-refractivity contribution in [3.05, 3.63) is 54.1 Å². The van der Waals surface area contributed by atoms with Gasteiger partial charge in [-0.3, -0.25) is 19.2 Å². The number of carbonyl (C=O) groups is 8. The second-order valence-electron chi connectivity index (χ2n) is 17.5. The fourth-order valence-electron chi connectivity index (χ4n) is 5.28. The Morgan fingerprint density at radius 3 is 1.74 bits per heavy atom. The Bertz CT molecular complexity index is 1820. The quantitative estimate of drug-likeness (QED) is 0.0420. The molecule has 0 bridgehead atoms. The van der Waals surface area contributed by atoms with Crippen molar-refractivity contribution in [3.8, 4) is 0 Å². The average molecular weight is 971 g/mol. The van der Waals surface area contributed by atoms with Crippen LogP contribution >= 0.6 is 0 Å². The molecule has 0 unspecified atom stereocenters. The molecule has 0 spiro atoms. The normalized spacial score (nSPS) is 14.4. The highest BCUT2D eigenvalue weighted by molar-refractivity contribution is 5.90. The number of ether oxygens (including phenoxy) is 3. The molecule has 0 aliphatic rings. The van der Waals surface area contributed by atoms with Crippen molar-refractivity contribution in [3.63, 3.8) is 0 Å². The van der Waals surface area contributed by atoms with E-state index in [0.717, 1.165) is 5.56 Å². The molecule has 1 aromatic heterocycles. The number of nitrogens with two attached hydrogens (primary N) is 5. The van der Waals surface area contributed by atoms with Crippen LogP contribution in [0.5, 0.6) is 0 Å². The third kappa shape index (κ3) is 33.4. The van der Waals surface area contributed by atoms with E-state index in [1.807, 2.05) is 58.0 Å². The van der Waals surface area contributed by atoms with Gasteiger partial charge in [-0.25, -0.2) is 24.2 Å². The lowest BCUT2D eigenvalue weighted by Crippen LogP contribution is -2.44. The Hall–Kier alpha value is -6.05. The molecule has 386 valence electrons. The topological polar surface area (TPSA) is 436 Å². The maximum absolute atomic E-state index is 11.9. The number of hydrogen-bond donors (Lipinski definition) is 12.